The van der Waals surface area contributed by atoms with Crippen LogP contribution in [0.3, 0.4) is 0 Å². The van der Waals surface area contributed by atoms with E-state index in [1.807, 2.05) is 25.7 Å². The lowest BCUT2D eigenvalue weighted by molar-refractivity contribution is 0.0697. The van der Waals surface area contributed by atoms with Crippen molar-refractivity contribution < 1.29 is 14.3 Å². The van der Waals surface area contributed by atoms with E-state index >= 15 is 0 Å². The Morgan fingerprint density at radius 1 is 1.47 bits per heavy atom. The maximum atomic E-state index is 13.1. The van der Waals surface area contributed by atoms with Crippen LogP contribution in [0.2, 0.25) is 0 Å². The summed E-state index contributed by atoms with van der Waals surface area (Å²) in [5.74, 6) is -1.62. The fourth-order valence-corrected chi connectivity index (χ4v) is 1.83. The first-order valence-electron chi connectivity index (χ1n) is 5.76. The van der Waals surface area contributed by atoms with Gasteiger partial charge in [-0.05, 0) is 38.5 Å². The summed E-state index contributed by atoms with van der Waals surface area (Å²) in [7, 11) is 0. The lowest BCUT2D eigenvalue weighted by atomic mass is 10.1. The van der Waals surface area contributed by atoms with Crippen LogP contribution in [-0.4, -0.2) is 23.7 Å². The SMILES string of the molecule is CCCN(c1ccc(F)cc1C(=O)O)C(C)C. The number of anilines is 1. The van der Waals surface area contributed by atoms with E-state index in [1.54, 1.807) is 0 Å². The van der Waals surface area contributed by atoms with E-state index in [9.17, 15) is 9.18 Å². The summed E-state index contributed by atoms with van der Waals surface area (Å²) in [5.41, 5.74) is 0.600. The Balaban J connectivity index is 3.22. The Morgan fingerprint density at radius 2 is 2.12 bits per heavy atom. The topological polar surface area (TPSA) is 40.5 Å². The van der Waals surface area contributed by atoms with Gasteiger partial charge in [-0.25, -0.2) is 9.18 Å². The minimum atomic E-state index is -1.10. The van der Waals surface area contributed by atoms with E-state index in [2.05, 4.69) is 0 Å². The summed E-state index contributed by atoms with van der Waals surface area (Å²) in [6.07, 6.45) is 0.911. The third kappa shape index (κ3) is 3.19. The molecule has 0 saturated carbocycles. The molecule has 1 rings (SSSR count). The van der Waals surface area contributed by atoms with Crippen molar-refractivity contribution in [3.8, 4) is 0 Å². The second-order valence-electron chi connectivity index (χ2n) is 4.25. The average molecular weight is 239 g/mol. The van der Waals surface area contributed by atoms with Crippen LogP contribution in [0.25, 0.3) is 0 Å². The zero-order valence-electron chi connectivity index (χ0n) is 10.4. The monoisotopic (exact) mass is 239 g/mol. The number of aromatic carboxylic acids is 1. The molecular formula is C13H18FNO2. The second-order valence-corrected chi connectivity index (χ2v) is 4.25. The van der Waals surface area contributed by atoms with Gasteiger partial charge in [0.1, 0.15) is 5.82 Å². The van der Waals surface area contributed by atoms with E-state index in [-0.39, 0.29) is 11.6 Å². The van der Waals surface area contributed by atoms with Gasteiger partial charge in [0.25, 0.3) is 0 Å². The molecule has 0 bridgehead atoms. The molecule has 0 aromatic heterocycles. The number of benzene rings is 1. The molecule has 17 heavy (non-hydrogen) atoms. The molecule has 0 aliphatic carbocycles. The van der Waals surface area contributed by atoms with Gasteiger partial charge >= 0.3 is 5.97 Å². The second kappa shape index (κ2) is 5.66. The molecule has 0 aliphatic rings. The Kier molecular flexibility index (Phi) is 4.49. The highest BCUT2D eigenvalue weighted by molar-refractivity contribution is 5.94. The molecule has 94 valence electrons. The number of rotatable bonds is 5. The molecule has 0 heterocycles. The van der Waals surface area contributed by atoms with Gasteiger partial charge in [0.15, 0.2) is 0 Å². The van der Waals surface area contributed by atoms with E-state index in [4.69, 9.17) is 5.11 Å². The summed E-state index contributed by atoms with van der Waals surface area (Å²) in [4.78, 5) is 13.1. The minimum Gasteiger partial charge on any atom is -0.478 e. The Morgan fingerprint density at radius 3 is 2.59 bits per heavy atom. The zero-order valence-corrected chi connectivity index (χ0v) is 10.4. The third-order valence-corrected chi connectivity index (χ3v) is 2.59. The van der Waals surface area contributed by atoms with Gasteiger partial charge in [0.2, 0.25) is 0 Å². The number of halogens is 1. The summed E-state index contributed by atoms with van der Waals surface area (Å²) in [6, 6.07) is 4.09. The van der Waals surface area contributed by atoms with Crippen molar-refractivity contribution in [3.63, 3.8) is 0 Å². The molecule has 0 unspecified atom stereocenters. The van der Waals surface area contributed by atoms with Gasteiger partial charge in [0, 0.05) is 12.6 Å². The molecule has 1 aromatic carbocycles. The summed E-state index contributed by atoms with van der Waals surface area (Å²) < 4.78 is 13.1. The molecule has 0 spiro atoms. The predicted molar refractivity (Wildman–Crippen MR) is 66.1 cm³/mol. The maximum Gasteiger partial charge on any atom is 0.337 e. The van der Waals surface area contributed by atoms with Crippen LogP contribution in [0, 0.1) is 5.82 Å². The smallest absolute Gasteiger partial charge is 0.337 e. The van der Waals surface area contributed by atoms with Crippen molar-refractivity contribution in [2.24, 2.45) is 0 Å². The van der Waals surface area contributed by atoms with Crippen molar-refractivity contribution in [3.05, 3.63) is 29.6 Å². The highest BCUT2D eigenvalue weighted by Gasteiger charge is 2.18. The van der Waals surface area contributed by atoms with Crippen molar-refractivity contribution in [2.45, 2.75) is 33.2 Å². The van der Waals surface area contributed by atoms with Gasteiger partial charge in [-0.1, -0.05) is 6.92 Å². The zero-order chi connectivity index (χ0) is 13.0. The van der Waals surface area contributed by atoms with Crippen molar-refractivity contribution in [1.82, 2.24) is 0 Å². The van der Waals surface area contributed by atoms with Gasteiger partial charge in [0.05, 0.1) is 11.3 Å². The van der Waals surface area contributed by atoms with Gasteiger partial charge in [-0.3, -0.25) is 0 Å². The van der Waals surface area contributed by atoms with E-state index in [0.29, 0.717) is 5.69 Å². The van der Waals surface area contributed by atoms with E-state index in [1.165, 1.54) is 12.1 Å². The first-order chi connectivity index (χ1) is 7.97. The summed E-state index contributed by atoms with van der Waals surface area (Å²) >= 11 is 0. The Labute approximate surface area is 101 Å². The quantitative estimate of drug-likeness (QED) is 0.858. The largest absolute Gasteiger partial charge is 0.478 e. The standard InChI is InChI=1S/C13H18FNO2/c1-4-7-15(9(2)3)12-6-5-10(14)8-11(12)13(16)17/h5-6,8-9H,4,7H2,1-3H3,(H,16,17). The molecule has 0 saturated heterocycles. The Hall–Kier alpha value is -1.58. The molecule has 1 N–H and O–H groups in total. The van der Waals surface area contributed by atoms with Gasteiger partial charge in [-0.2, -0.15) is 0 Å². The number of carbonyl (C=O) groups is 1. The molecule has 0 radical (unpaired) electrons. The number of carboxylic acids is 1. The normalized spacial score (nSPS) is 10.6. The summed E-state index contributed by atoms with van der Waals surface area (Å²) in [6.45, 7) is 6.76. The highest BCUT2D eigenvalue weighted by atomic mass is 19.1. The lowest BCUT2D eigenvalue weighted by Crippen LogP contribution is -2.32. The van der Waals surface area contributed by atoms with Crippen molar-refractivity contribution >= 4 is 11.7 Å². The molecule has 0 atom stereocenters. The van der Waals surface area contributed by atoms with Crippen LogP contribution in [-0.2, 0) is 0 Å². The van der Waals surface area contributed by atoms with Gasteiger partial charge in [-0.15, -0.1) is 0 Å². The van der Waals surface area contributed by atoms with Crippen molar-refractivity contribution in [1.29, 1.82) is 0 Å². The third-order valence-electron chi connectivity index (χ3n) is 2.59. The molecule has 0 amide bonds. The van der Waals surface area contributed by atoms with Crippen LogP contribution in [0.4, 0.5) is 10.1 Å². The van der Waals surface area contributed by atoms with Crippen LogP contribution in [0.5, 0.6) is 0 Å². The first-order valence-corrected chi connectivity index (χ1v) is 5.76. The molecular weight excluding hydrogens is 221 g/mol. The fraction of sp³-hybridized carbons (Fsp3) is 0.462. The van der Waals surface area contributed by atoms with Crippen molar-refractivity contribution in [2.75, 3.05) is 11.4 Å². The number of hydrogen-bond acceptors (Lipinski definition) is 2. The van der Waals surface area contributed by atoms with Crippen LogP contribution >= 0.6 is 0 Å². The first kappa shape index (κ1) is 13.5. The molecule has 0 fully saturated rings. The molecule has 4 heteroatoms. The fourth-order valence-electron chi connectivity index (χ4n) is 1.83. The predicted octanol–water partition coefficient (Wildman–Crippen LogP) is 3.15. The number of carboxylic acid groups (broad SMARTS) is 1. The van der Waals surface area contributed by atoms with Crippen LogP contribution in [0.1, 0.15) is 37.6 Å². The highest BCUT2D eigenvalue weighted by Crippen LogP contribution is 2.24. The minimum absolute atomic E-state index is 0.0205. The lowest BCUT2D eigenvalue weighted by Gasteiger charge is -2.29. The molecule has 0 aliphatic heterocycles. The molecule has 3 nitrogen and oxygen atoms in total. The van der Waals surface area contributed by atoms with Crippen LogP contribution in [0.15, 0.2) is 18.2 Å². The average Bonchev–Trinajstić information content (AvgIpc) is 2.26. The van der Waals surface area contributed by atoms with Crippen LogP contribution < -0.4 is 4.90 Å². The maximum absolute atomic E-state index is 13.1. The Bertz CT molecular complexity index is 404. The number of hydrogen-bond donors (Lipinski definition) is 1. The molecule has 1 aromatic rings. The van der Waals surface area contributed by atoms with E-state index < -0.39 is 11.8 Å². The summed E-state index contributed by atoms with van der Waals surface area (Å²) in [5, 5.41) is 9.10. The van der Waals surface area contributed by atoms with E-state index in [0.717, 1.165) is 19.0 Å². The van der Waals surface area contributed by atoms with Gasteiger partial charge < -0.3 is 10.0 Å². The number of nitrogens with zero attached hydrogens (tertiary/aromatic N) is 1.